The van der Waals surface area contributed by atoms with Crippen molar-refractivity contribution in [2.24, 2.45) is 5.92 Å². The molecule has 7 heteroatoms. The summed E-state index contributed by atoms with van der Waals surface area (Å²) in [5.41, 5.74) is 0. The van der Waals surface area contributed by atoms with Gasteiger partial charge < -0.3 is 0 Å². The molecule has 0 radical (unpaired) electrons. The quantitative estimate of drug-likeness (QED) is 0.795. The van der Waals surface area contributed by atoms with Gasteiger partial charge in [-0.25, -0.2) is 13.1 Å². The molecule has 1 atom stereocenters. The maximum atomic E-state index is 12.7. The predicted octanol–water partition coefficient (Wildman–Crippen LogP) is 4.15. The molecule has 1 unspecified atom stereocenters. The minimum Gasteiger partial charge on any atom is -0.294 e. The van der Waals surface area contributed by atoms with Crippen LogP contribution in [0.1, 0.15) is 30.7 Å². The fourth-order valence-corrected chi connectivity index (χ4v) is 5.58. The molecule has 1 N–H and O–H groups in total. The molecule has 25 heavy (non-hydrogen) atoms. The number of nitrogens with zero attached hydrogens (tertiary/aromatic N) is 1. The zero-order valence-corrected chi connectivity index (χ0v) is 16.6. The van der Waals surface area contributed by atoms with Gasteiger partial charge in [-0.2, -0.15) is 0 Å². The topological polar surface area (TPSA) is 49.4 Å². The van der Waals surface area contributed by atoms with Gasteiger partial charge in [-0.1, -0.05) is 36.7 Å². The summed E-state index contributed by atoms with van der Waals surface area (Å²) < 4.78 is 28.1. The van der Waals surface area contributed by atoms with Crippen molar-refractivity contribution in [3.8, 4) is 0 Å². The molecule has 0 spiro atoms. The third-order valence-electron chi connectivity index (χ3n) is 4.72. The normalized spacial score (nSPS) is 18.3. The van der Waals surface area contributed by atoms with Crippen molar-refractivity contribution < 1.29 is 8.42 Å². The van der Waals surface area contributed by atoms with E-state index in [2.05, 4.69) is 22.6 Å². The van der Waals surface area contributed by atoms with E-state index < -0.39 is 10.0 Å². The fourth-order valence-electron chi connectivity index (χ4n) is 3.16. The highest BCUT2D eigenvalue weighted by atomic mass is 35.5. The van der Waals surface area contributed by atoms with Crippen LogP contribution in [0.5, 0.6) is 0 Å². The van der Waals surface area contributed by atoms with Gasteiger partial charge in [-0.05, 0) is 55.4 Å². The van der Waals surface area contributed by atoms with Crippen LogP contribution in [0.2, 0.25) is 5.02 Å². The van der Waals surface area contributed by atoms with Gasteiger partial charge in [-0.3, -0.25) is 4.90 Å². The van der Waals surface area contributed by atoms with Crippen LogP contribution in [0.4, 0.5) is 0 Å². The van der Waals surface area contributed by atoms with Crippen LogP contribution >= 0.6 is 22.9 Å². The Hall–Kier alpha value is -0.920. The molecule has 2 aromatic rings. The van der Waals surface area contributed by atoms with Crippen molar-refractivity contribution in [2.45, 2.75) is 30.7 Å². The Labute approximate surface area is 158 Å². The van der Waals surface area contributed by atoms with Crippen molar-refractivity contribution in [1.82, 2.24) is 9.62 Å². The third-order valence-corrected chi connectivity index (χ3v) is 7.62. The Morgan fingerprint density at radius 2 is 1.96 bits per heavy atom. The van der Waals surface area contributed by atoms with E-state index >= 15 is 0 Å². The molecular formula is C18H23ClN2O2S2. The Balaban J connectivity index is 1.76. The maximum Gasteiger partial charge on any atom is 0.242 e. The highest BCUT2D eigenvalue weighted by Crippen LogP contribution is 2.30. The molecular weight excluding hydrogens is 376 g/mol. The summed E-state index contributed by atoms with van der Waals surface area (Å²) in [5, 5.41) is 2.28. The second-order valence-corrected chi connectivity index (χ2v) is 9.65. The zero-order chi connectivity index (χ0) is 17.9. The van der Waals surface area contributed by atoms with Crippen molar-refractivity contribution in [2.75, 3.05) is 19.6 Å². The van der Waals surface area contributed by atoms with Crippen LogP contribution < -0.4 is 4.72 Å². The van der Waals surface area contributed by atoms with Crippen LogP contribution in [0.3, 0.4) is 0 Å². The third kappa shape index (κ3) is 4.63. The van der Waals surface area contributed by atoms with E-state index in [9.17, 15) is 8.42 Å². The monoisotopic (exact) mass is 398 g/mol. The predicted molar refractivity (Wildman–Crippen MR) is 104 cm³/mol. The fraction of sp³-hybridized carbons (Fsp3) is 0.444. The number of rotatable bonds is 6. The van der Waals surface area contributed by atoms with Crippen molar-refractivity contribution in [3.63, 3.8) is 0 Å². The Kier molecular flexibility index (Phi) is 6.17. The molecule has 3 rings (SSSR count). The molecule has 0 bridgehead atoms. The number of likely N-dealkylation sites (tertiary alicyclic amines) is 1. The van der Waals surface area contributed by atoms with Crippen LogP contribution in [0, 0.1) is 5.92 Å². The van der Waals surface area contributed by atoms with E-state index in [1.807, 2.05) is 11.4 Å². The summed E-state index contributed by atoms with van der Waals surface area (Å²) in [6.07, 6.45) is 2.30. The smallest absolute Gasteiger partial charge is 0.242 e. The van der Waals surface area contributed by atoms with Gasteiger partial charge in [0.05, 0.1) is 11.1 Å². The number of hydrogen-bond donors (Lipinski definition) is 1. The Morgan fingerprint density at radius 3 is 2.60 bits per heavy atom. The first-order chi connectivity index (χ1) is 12.0. The van der Waals surface area contributed by atoms with Gasteiger partial charge in [0.15, 0.2) is 0 Å². The second-order valence-electron chi connectivity index (χ2n) is 6.53. The zero-order valence-electron chi connectivity index (χ0n) is 14.2. The second kappa shape index (κ2) is 8.18. The number of halogens is 1. The lowest BCUT2D eigenvalue weighted by Gasteiger charge is -2.36. The minimum absolute atomic E-state index is 0.0600. The Bertz CT molecular complexity index is 785. The molecule has 0 aliphatic carbocycles. The molecule has 1 saturated heterocycles. The van der Waals surface area contributed by atoms with Crippen molar-refractivity contribution >= 4 is 33.0 Å². The van der Waals surface area contributed by atoms with E-state index in [0.29, 0.717) is 6.54 Å². The van der Waals surface area contributed by atoms with E-state index in [-0.39, 0.29) is 16.0 Å². The number of thiophene rings is 1. The van der Waals surface area contributed by atoms with Crippen LogP contribution in [-0.4, -0.2) is 33.0 Å². The SMILES string of the molecule is CC1CCN(C(CNS(=O)(=O)c2ccccc2Cl)c2cccs2)CC1. The first-order valence-corrected chi connectivity index (χ1v) is 11.2. The highest BCUT2D eigenvalue weighted by Gasteiger charge is 2.27. The van der Waals surface area contributed by atoms with E-state index in [4.69, 9.17) is 11.6 Å². The molecule has 4 nitrogen and oxygen atoms in total. The molecule has 136 valence electrons. The first-order valence-electron chi connectivity index (χ1n) is 8.49. The summed E-state index contributed by atoms with van der Waals surface area (Å²) in [7, 11) is -3.63. The van der Waals surface area contributed by atoms with Gasteiger partial charge >= 0.3 is 0 Å². The summed E-state index contributed by atoms with van der Waals surface area (Å²) in [4.78, 5) is 3.71. The standard InChI is InChI=1S/C18H23ClN2O2S2/c1-14-8-10-21(11-9-14)16(17-6-4-12-24-17)13-20-25(22,23)18-7-3-2-5-15(18)19/h2-7,12,14,16,20H,8-11,13H2,1H3. The summed E-state index contributed by atoms with van der Waals surface area (Å²) in [6, 6.07) is 10.7. The van der Waals surface area contributed by atoms with Crippen LogP contribution in [0.25, 0.3) is 0 Å². The number of sulfonamides is 1. The van der Waals surface area contributed by atoms with Crippen molar-refractivity contribution in [1.29, 1.82) is 0 Å². The first kappa shape index (κ1) is 18.9. The number of piperidine rings is 1. The van der Waals surface area contributed by atoms with Gasteiger partial charge in [0.25, 0.3) is 0 Å². The molecule has 1 aliphatic heterocycles. The van der Waals surface area contributed by atoms with Crippen LogP contribution in [0.15, 0.2) is 46.7 Å². The Morgan fingerprint density at radius 1 is 1.24 bits per heavy atom. The van der Waals surface area contributed by atoms with Gasteiger partial charge in [0.1, 0.15) is 4.90 Å². The average molecular weight is 399 g/mol. The number of hydrogen-bond acceptors (Lipinski definition) is 4. The van der Waals surface area contributed by atoms with Crippen LogP contribution in [-0.2, 0) is 10.0 Å². The van der Waals surface area contributed by atoms with E-state index in [1.165, 1.54) is 10.9 Å². The lowest BCUT2D eigenvalue weighted by atomic mass is 9.97. The molecule has 0 saturated carbocycles. The van der Waals surface area contributed by atoms with Gasteiger partial charge in [-0.15, -0.1) is 11.3 Å². The highest BCUT2D eigenvalue weighted by molar-refractivity contribution is 7.89. The molecule has 1 aliphatic rings. The molecule has 0 amide bonds. The maximum absolute atomic E-state index is 12.7. The molecule has 1 aromatic carbocycles. The van der Waals surface area contributed by atoms with E-state index in [1.54, 1.807) is 29.5 Å². The summed E-state index contributed by atoms with van der Waals surface area (Å²) in [5.74, 6) is 0.736. The summed E-state index contributed by atoms with van der Waals surface area (Å²) in [6.45, 7) is 4.62. The van der Waals surface area contributed by atoms with Gasteiger partial charge in [0, 0.05) is 11.4 Å². The average Bonchev–Trinajstić information content (AvgIpc) is 3.11. The van der Waals surface area contributed by atoms with Crippen molar-refractivity contribution in [3.05, 3.63) is 51.7 Å². The lowest BCUT2D eigenvalue weighted by molar-refractivity contribution is 0.141. The molecule has 1 aromatic heterocycles. The molecule has 2 heterocycles. The number of nitrogens with one attached hydrogen (secondary N) is 1. The lowest BCUT2D eigenvalue weighted by Crippen LogP contribution is -2.41. The van der Waals surface area contributed by atoms with E-state index in [0.717, 1.165) is 31.8 Å². The summed E-state index contributed by atoms with van der Waals surface area (Å²) >= 11 is 7.73. The number of benzene rings is 1. The largest absolute Gasteiger partial charge is 0.294 e. The molecule has 1 fully saturated rings. The van der Waals surface area contributed by atoms with Gasteiger partial charge in [0.2, 0.25) is 10.0 Å². The minimum atomic E-state index is -3.63.